The van der Waals surface area contributed by atoms with E-state index in [1.807, 2.05) is 0 Å². The summed E-state index contributed by atoms with van der Waals surface area (Å²) in [5.41, 5.74) is 2.55. The van der Waals surface area contributed by atoms with Gasteiger partial charge in [0.1, 0.15) is 5.82 Å². The van der Waals surface area contributed by atoms with Crippen molar-refractivity contribution in [2.75, 3.05) is 6.54 Å². The molecule has 2 rings (SSSR count). The number of nitrogens with zero attached hydrogens (tertiary/aromatic N) is 1. The van der Waals surface area contributed by atoms with Gasteiger partial charge in [0.25, 0.3) is 6.43 Å². The van der Waals surface area contributed by atoms with Gasteiger partial charge in [-0.05, 0) is 42.8 Å². The normalized spacial score (nSPS) is 15.1. The second-order valence-electron chi connectivity index (χ2n) is 4.36. The summed E-state index contributed by atoms with van der Waals surface area (Å²) in [6, 6.07) is 4.31. The van der Waals surface area contributed by atoms with Crippen LogP contribution in [-0.2, 0) is 0 Å². The molecule has 100 valence electrons. The molecule has 0 fully saturated rings. The summed E-state index contributed by atoms with van der Waals surface area (Å²) < 4.78 is 38.4. The van der Waals surface area contributed by atoms with Crippen molar-refractivity contribution in [2.24, 2.45) is 0 Å². The van der Waals surface area contributed by atoms with Gasteiger partial charge < -0.3 is 4.90 Å². The van der Waals surface area contributed by atoms with E-state index in [0.717, 1.165) is 5.56 Å². The SMILES string of the molecule is C=C1C=CC=C(c2ccc(F)cc2C)N1CC(F)F. The Balaban J connectivity index is 2.42. The first-order chi connectivity index (χ1) is 8.99. The van der Waals surface area contributed by atoms with Gasteiger partial charge in [0.05, 0.1) is 6.54 Å². The summed E-state index contributed by atoms with van der Waals surface area (Å²) in [6.07, 6.45) is 2.69. The molecule has 0 aromatic heterocycles. The average molecular weight is 265 g/mol. The lowest BCUT2D eigenvalue weighted by atomic mass is 10.0. The first-order valence-corrected chi connectivity index (χ1v) is 5.88. The van der Waals surface area contributed by atoms with Crippen molar-refractivity contribution in [3.8, 4) is 0 Å². The summed E-state index contributed by atoms with van der Waals surface area (Å²) in [6.45, 7) is 5.09. The third kappa shape index (κ3) is 2.89. The molecule has 0 unspecified atom stereocenters. The Hall–Kier alpha value is -1.97. The van der Waals surface area contributed by atoms with Crippen LogP contribution >= 0.6 is 0 Å². The Morgan fingerprint density at radius 2 is 2.05 bits per heavy atom. The minimum Gasteiger partial charge on any atom is -0.336 e. The summed E-state index contributed by atoms with van der Waals surface area (Å²) >= 11 is 0. The molecule has 0 spiro atoms. The second kappa shape index (κ2) is 5.34. The van der Waals surface area contributed by atoms with Crippen molar-refractivity contribution >= 4 is 5.70 Å². The summed E-state index contributed by atoms with van der Waals surface area (Å²) in [4.78, 5) is 1.45. The molecular weight excluding hydrogens is 251 g/mol. The number of alkyl halides is 2. The van der Waals surface area contributed by atoms with E-state index in [1.54, 1.807) is 31.2 Å². The van der Waals surface area contributed by atoms with Crippen molar-refractivity contribution in [2.45, 2.75) is 13.3 Å². The Morgan fingerprint density at radius 3 is 2.68 bits per heavy atom. The highest BCUT2D eigenvalue weighted by atomic mass is 19.3. The topological polar surface area (TPSA) is 3.24 Å². The van der Waals surface area contributed by atoms with Crippen LogP contribution in [0.5, 0.6) is 0 Å². The monoisotopic (exact) mass is 265 g/mol. The Kier molecular flexibility index (Phi) is 3.79. The lowest BCUT2D eigenvalue weighted by Crippen LogP contribution is -2.27. The molecule has 1 aromatic carbocycles. The molecule has 4 heteroatoms. The highest BCUT2D eigenvalue weighted by Crippen LogP contribution is 2.29. The highest BCUT2D eigenvalue weighted by molar-refractivity contribution is 5.71. The van der Waals surface area contributed by atoms with Gasteiger partial charge in [-0.3, -0.25) is 0 Å². The quantitative estimate of drug-likeness (QED) is 0.794. The third-order valence-electron chi connectivity index (χ3n) is 2.97. The van der Waals surface area contributed by atoms with Gasteiger partial charge in [-0.1, -0.05) is 12.7 Å². The Labute approximate surface area is 110 Å². The molecule has 0 atom stereocenters. The van der Waals surface area contributed by atoms with Crippen molar-refractivity contribution in [1.29, 1.82) is 0 Å². The maximum Gasteiger partial charge on any atom is 0.256 e. The molecule has 1 aliphatic rings. The number of rotatable bonds is 3. The van der Waals surface area contributed by atoms with Gasteiger partial charge in [0.15, 0.2) is 0 Å². The van der Waals surface area contributed by atoms with Crippen LogP contribution in [-0.4, -0.2) is 17.9 Å². The number of hydrogen-bond acceptors (Lipinski definition) is 1. The van der Waals surface area contributed by atoms with Crippen LogP contribution in [0.3, 0.4) is 0 Å². The van der Waals surface area contributed by atoms with E-state index in [9.17, 15) is 13.2 Å². The molecule has 1 heterocycles. The number of hydrogen-bond donors (Lipinski definition) is 0. The predicted molar refractivity (Wildman–Crippen MR) is 70.1 cm³/mol. The zero-order valence-corrected chi connectivity index (χ0v) is 10.5. The molecule has 0 aliphatic carbocycles. The van der Waals surface area contributed by atoms with Crippen molar-refractivity contribution in [3.63, 3.8) is 0 Å². The van der Waals surface area contributed by atoms with Gasteiger partial charge in [-0.2, -0.15) is 0 Å². The van der Waals surface area contributed by atoms with E-state index < -0.39 is 13.0 Å². The van der Waals surface area contributed by atoms with Gasteiger partial charge >= 0.3 is 0 Å². The highest BCUT2D eigenvalue weighted by Gasteiger charge is 2.20. The van der Waals surface area contributed by atoms with Gasteiger partial charge in [-0.15, -0.1) is 0 Å². The number of allylic oxidation sites excluding steroid dienone is 3. The maximum absolute atomic E-state index is 13.1. The zero-order valence-electron chi connectivity index (χ0n) is 10.5. The standard InChI is InChI=1S/C15H14F3N/c1-10-8-12(16)6-7-13(10)14-5-3-4-11(2)19(14)9-15(17)18/h3-8,15H,2,9H2,1H3. The third-order valence-corrected chi connectivity index (χ3v) is 2.97. The minimum atomic E-state index is -2.47. The van der Waals surface area contributed by atoms with E-state index in [1.165, 1.54) is 17.0 Å². The zero-order chi connectivity index (χ0) is 14.0. The Bertz CT molecular complexity index is 559. The molecule has 1 aromatic rings. The van der Waals surface area contributed by atoms with Crippen molar-refractivity contribution < 1.29 is 13.2 Å². The fourth-order valence-electron chi connectivity index (χ4n) is 2.09. The minimum absolute atomic E-state index is 0.340. The Morgan fingerprint density at radius 1 is 1.32 bits per heavy atom. The first kappa shape index (κ1) is 13.5. The summed E-state index contributed by atoms with van der Waals surface area (Å²) in [5, 5.41) is 0. The average Bonchev–Trinajstić information content (AvgIpc) is 2.32. The van der Waals surface area contributed by atoms with Gasteiger partial charge in [0.2, 0.25) is 0 Å². The molecule has 0 N–H and O–H groups in total. The number of halogens is 3. The molecule has 0 radical (unpaired) electrons. The number of benzene rings is 1. The maximum atomic E-state index is 13.1. The van der Waals surface area contributed by atoms with E-state index in [-0.39, 0.29) is 5.82 Å². The van der Waals surface area contributed by atoms with E-state index in [2.05, 4.69) is 6.58 Å². The van der Waals surface area contributed by atoms with Gasteiger partial charge in [0, 0.05) is 17.0 Å². The van der Waals surface area contributed by atoms with Crippen LogP contribution in [0.25, 0.3) is 5.70 Å². The van der Waals surface area contributed by atoms with Gasteiger partial charge in [-0.25, -0.2) is 13.2 Å². The van der Waals surface area contributed by atoms with Crippen molar-refractivity contribution in [3.05, 3.63) is 65.6 Å². The molecular formula is C15H14F3N. The van der Waals surface area contributed by atoms with Crippen LogP contribution in [0, 0.1) is 12.7 Å². The lowest BCUT2D eigenvalue weighted by molar-refractivity contribution is 0.123. The first-order valence-electron chi connectivity index (χ1n) is 5.88. The van der Waals surface area contributed by atoms with Crippen LogP contribution < -0.4 is 0 Å². The summed E-state index contributed by atoms with van der Waals surface area (Å²) in [7, 11) is 0. The fraction of sp³-hybridized carbons (Fsp3) is 0.200. The van der Waals surface area contributed by atoms with E-state index >= 15 is 0 Å². The van der Waals surface area contributed by atoms with Crippen molar-refractivity contribution in [1.82, 2.24) is 4.90 Å². The summed E-state index contributed by atoms with van der Waals surface area (Å²) in [5.74, 6) is -0.340. The van der Waals surface area contributed by atoms with Crippen LogP contribution in [0.4, 0.5) is 13.2 Å². The van der Waals surface area contributed by atoms with E-state index in [0.29, 0.717) is 17.0 Å². The number of aryl methyl sites for hydroxylation is 1. The molecule has 19 heavy (non-hydrogen) atoms. The predicted octanol–water partition coefficient (Wildman–Crippen LogP) is 4.13. The molecule has 0 saturated carbocycles. The molecule has 0 bridgehead atoms. The molecule has 0 amide bonds. The lowest BCUT2D eigenvalue weighted by Gasteiger charge is -2.30. The van der Waals surface area contributed by atoms with E-state index in [4.69, 9.17) is 0 Å². The largest absolute Gasteiger partial charge is 0.336 e. The van der Waals surface area contributed by atoms with Crippen LogP contribution in [0.1, 0.15) is 11.1 Å². The molecule has 1 nitrogen and oxygen atoms in total. The smallest absolute Gasteiger partial charge is 0.256 e. The molecule has 1 aliphatic heterocycles. The second-order valence-corrected chi connectivity index (χ2v) is 4.36. The van der Waals surface area contributed by atoms with Crippen LogP contribution in [0.15, 0.2) is 48.7 Å². The molecule has 0 saturated heterocycles. The fourth-order valence-corrected chi connectivity index (χ4v) is 2.09. The van der Waals surface area contributed by atoms with Crippen LogP contribution in [0.2, 0.25) is 0 Å².